The highest BCUT2D eigenvalue weighted by molar-refractivity contribution is 5.81. The van der Waals surface area contributed by atoms with Gasteiger partial charge in [-0.2, -0.15) is 0 Å². The van der Waals surface area contributed by atoms with Crippen molar-refractivity contribution in [1.29, 1.82) is 0 Å². The number of benzene rings is 2. The average molecular weight is 359 g/mol. The van der Waals surface area contributed by atoms with Gasteiger partial charge in [0.25, 0.3) is 0 Å². The number of anilines is 3. The summed E-state index contributed by atoms with van der Waals surface area (Å²) in [7, 11) is 0. The number of hydrogen-bond donors (Lipinski definition) is 3. The van der Waals surface area contributed by atoms with Crippen LogP contribution in [0, 0.1) is 12.3 Å². The summed E-state index contributed by atoms with van der Waals surface area (Å²) in [5, 5.41) is 6.74. The first-order valence-corrected chi connectivity index (χ1v) is 8.50. The summed E-state index contributed by atoms with van der Waals surface area (Å²) in [6.45, 7) is 3.91. The minimum Gasteiger partial charge on any atom is -0.329 e. The molecule has 3 rings (SSSR count). The number of fused-ring (bicyclic) bond motifs is 1. The molecule has 0 aliphatic carbocycles. The molecule has 1 amide bonds. The van der Waals surface area contributed by atoms with Crippen LogP contribution in [-0.2, 0) is 11.2 Å². The third-order valence-corrected chi connectivity index (χ3v) is 3.88. The highest BCUT2D eigenvalue weighted by Crippen LogP contribution is 2.24. The standard InChI is InChI=1S/C21H21N5O/c1-4-14-5-6-19-16(7-14)12-23-20(26-19)25-18-9-15(11-21(2,3)22)8-17(10-18)24-13-27/h1,5-10,12-13H,11,22H2,2-3H3,(H,24,27)(H,23,25,26). The fourth-order valence-corrected chi connectivity index (χ4v) is 2.86. The second kappa shape index (κ2) is 7.44. The first-order valence-electron chi connectivity index (χ1n) is 8.50. The van der Waals surface area contributed by atoms with Crippen molar-refractivity contribution in [2.75, 3.05) is 10.6 Å². The van der Waals surface area contributed by atoms with Crippen molar-refractivity contribution in [3.63, 3.8) is 0 Å². The van der Waals surface area contributed by atoms with Gasteiger partial charge >= 0.3 is 0 Å². The summed E-state index contributed by atoms with van der Waals surface area (Å²) in [5.41, 5.74) is 9.77. The molecule has 6 heteroatoms. The number of amides is 1. The zero-order valence-corrected chi connectivity index (χ0v) is 15.3. The van der Waals surface area contributed by atoms with Gasteiger partial charge in [0.2, 0.25) is 12.4 Å². The molecule has 0 unspecified atom stereocenters. The number of rotatable bonds is 6. The van der Waals surface area contributed by atoms with E-state index in [1.807, 2.05) is 50.2 Å². The van der Waals surface area contributed by atoms with Crippen LogP contribution in [0.25, 0.3) is 10.9 Å². The maximum Gasteiger partial charge on any atom is 0.227 e. The molecular formula is C21H21N5O. The van der Waals surface area contributed by atoms with Crippen LogP contribution in [0.2, 0.25) is 0 Å². The van der Waals surface area contributed by atoms with Crippen LogP contribution in [0.4, 0.5) is 17.3 Å². The summed E-state index contributed by atoms with van der Waals surface area (Å²) < 4.78 is 0. The van der Waals surface area contributed by atoms with Gasteiger partial charge in [-0.1, -0.05) is 5.92 Å². The normalized spacial score (nSPS) is 11.0. The molecule has 0 saturated heterocycles. The molecule has 4 N–H and O–H groups in total. The largest absolute Gasteiger partial charge is 0.329 e. The molecule has 2 aromatic carbocycles. The third-order valence-electron chi connectivity index (χ3n) is 3.88. The highest BCUT2D eigenvalue weighted by atomic mass is 16.1. The van der Waals surface area contributed by atoms with E-state index in [-0.39, 0.29) is 5.54 Å². The van der Waals surface area contributed by atoms with Gasteiger partial charge < -0.3 is 16.4 Å². The molecular weight excluding hydrogens is 338 g/mol. The van der Waals surface area contributed by atoms with E-state index >= 15 is 0 Å². The molecule has 0 fully saturated rings. The molecule has 0 atom stereocenters. The fourth-order valence-electron chi connectivity index (χ4n) is 2.86. The molecule has 0 spiro atoms. The van der Waals surface area contributed by atoms with Crippen LogP contribution in [-0.4, -0.2) is 21.9 Å². The smallest absolute Gasteiger partial charge is 0.227 e. The topological polar surface area (TPSA) is 92.9 Å². The van der Waals surface area contributed by atoms with Crippen molar-refractivity contribution in [3.8, 4) is 12.3 Å². The van der Waals surface area contributed by atoms with Crippen molar-refractivity contribution < 1.29 is 4.79 Å². The van der Waals surface area contributed by atoms with Gasteiger partial charge in [-0.15, -0.1) is 6.42 Å². The van der Waals surface area contributed by atoms with Gasteiger partial charge in [0, 0.05) is 34.1 Å². The Morgan fingerprint density at radius 1 is 1.22 bits per heavy atom. The molecule has 3 aromatic rings. The van der Waals surface area contributed by atoms with E-state index in [1.165, 1.54) is 0 Å². The predicted octanol–water partition coefficient (Wildman–Crippen LogP) is 3.20. The molecule has 1 aromatic heterocycles. The molecule has 1 heterocycles. The second-order valence-corrected chi connectivity index (χ2v) is 7.08. The number of hydrogen-bond acceptors (Lipinski definition) is 5. The van der Waals surface area contributed by atoms with E-state index in [1.54, 1.807) is 6.20 Å². The first-order chi connectivity index (χ1) is 12.9. The van der Waals surface area contributed by atoms with E-state index in [0.717, 1.165) is 27.7 Å². The van der Waals surface area contributed by atoms with E-state index in [4.69, 9.17) is 12.2 Å². The lowest BCUT2D eigenvalue weighted by Crippen LogP contribution is -2.34. The van der Waals surface area contributed by atoms with E-state index in [2.05, 4.69) is 26.5 Å². The zero-order valence-electron chi connectivity index (χ0n) is 15.3. The highest BCUT2D eigenvalue weighted by Gasteiger charge is 2.13. The van der Waals surface area contributed by atoms with E-state index < -0.39 is 0 Å². The summed E-state index contributed by atoms with van der Waals surface area (Å²) in [5.74, 6) is 3.06. The number of nitrogens with one attached hydrogen (secondary N) is 2. The van der Waals surface area contributed by atoms with Gasteiger partial charge in [0.05, 0.1) is 5.52 Å². The Balaban J connectivity index is 1.92. The Hall–Kier alpha value is -3.43. The van der Waals surface area contributed by atoms with Crippen molar-refractivity contribution in [1.82, 2.24) is 9.97 Å². The lowest BCUT2D eigenvalue weighted by molar-refractivity contribution is -0.105. The summed E-state index contributed by atoms with van der Waals surface area (Å²) in [6, 6.07) is 11.3. The molecule has 27 heavy (non-hydrogen) atoms. The number of terminal acetylenes is 1. The fraction of sp³-hybridized carbons (Fsp3) is 0.190. The zero-order chi connectivity index (χ0) is 19.4. The minimum absolute atomic E-state index is 0.370. The first kappa shape index (κ1) is 18.4. The number of nitrogens with two attached hydrogens (primary N) is 1. The second-order valence-electron chi connectivity index (χ2n) is 7.08. The van der Waals surface area contributed by atoms with Crippen LogP contribution >= 0.6 is 0 Å². The quantitative estimate of drug-likeness (QED) is 0.464. The Morgan fingerprint density at radius 2 is 2.00 bits per heavy atom. The van der Waals surface area contributed by atoms with Crippen molar-refractivity contribution in [3.05, 3.63) is 53.7 Å². The van der Waals surface area contributed by atoms with Gasteiger partial charge in [-0.05, 0) is 62.2 Å². The van der Waals surface area contributed by atoms with E-state index in [0.29, 0.717) is 24.5 Å². The van der Waals surface area contributed by atoms with Crippen LogP contribution < -0.4 is 16.4 Å². The van der Waals surface area contributed by atoms with Crippen molar-refractivity contribution >= 4 is 34.6 Å². The maximum absolute atomic E-state index is 10.8. The molecule has 0 saturated carbocycles. The van der Waals surface area contributed by atoms with Crippen molar-refractivity contribution in [2.24, 2.45) is 5.73 Å². The molecule has 0 radical (unpaired) electrons. The average Bonchev–Trinajstić information content (AvgIpc) is 2.60. The molecule has 0 bridgehead atoms. The van der Waals surface area contributed by atoms with Crippen molar-refractivity contribution in [2.45, 2.75) is 25.8 Å². The number of carbonyl (C=O) groups excluding carboxylic acids is 1. The SMILES string of the molecule is C#Cc1ccc2nc(Nc3cc(CC(C)(C)N)cc(NC=O)c3)ncc2c1. The monoisotopic (exact) mass is 359 g/mol. The van der Waals surface area contributed by atoms with Gasteiger partial charge in [0.1, 0.15) is 0 Å². The van der Waals surface area contributed by atoms with Crippen LogP contribution in [0.1, 0.15) is 25.0 Å². The lowest BCUT2D eigenvalue weighted by atomic mass is 9.95. The predicted molar refractivity (Wildman–Crippen MR) is 109 cm³/mol. The maximum atomic E-state index is 10.8. The Bertz CT molecular complexity index is 1030. The van der Waals surface area contributed by atoms with Gasteiger partial charge in [-0.25, -0.2) is 9.97 Å². The number of carbonyl (C=O) groups is 1. The molecule has 0 aliphatic heterocycles. The lowest BCUT2D eigenvalue weighted by Gasteiger charge is -2.19. The summed E-state index contributed by atoms with van der Waals surface area (Å²) >= 11 is 0. The van der Waals surface area contributed by atoms with Crippen LogP contribution in [0.5, 0.6) is 0 Å². The number of aromatic nitrogens is 2. The molecule has 136 valence electrons. The summed E-state index contributed by atoms with van der Waals surface area (Å²) in [6.07, 6.45) is 8.45. The summed E-state index contributed by atoms with van der Waals surface area (Å²) in [4.78, 5) is 19.7. The van der Waals surface area contributed by atoms with E-state index in [9.17, 15) is 4.79 Å². The van der Waals surface area contributed by atoms with Gasteiger partial charge in [-0.3, -0.25) is 4.79 Å². The third kappa shape index (κ3) is 4.81. The Morgan fingerprint density at radius 3 is 2.70 bits per heavy atom. The minimum atomic E-state index is -0.370. The van der Waals surface area contributed by atoms with Gasteiger partial charge in [0.15, 0.2) is 0 Å². The Labute approximate surface area is 158 Å². The molecule has 0 aliphatic rings. The number of nitrogens with zero attached hydrogens (tertiary/aromatic N) is 2. The molecule has 6 nitrogen and oxygen atoms in total. The van der Waals surface area contributed by atoms with Crippen LogP contribution in [0.15, 0.2) is 42.6 Å². The Kier molecular flexibility index (Phi) is 5.06. The van der Waals surface area contributed by atoms with Crippen LogP contribution in [0.3, 0.4) is 0 Å².